The number of anilines is 1. The fourth-order valence-corrected chi connectivity index (χ4v) is 3.34. The highest BCUT2D eigenvalue weighted by Gasteiger charge is 2.39. The van der Waals surface area contributed by atoms with Crippen LogP contribution in [0.1, 0.15) is 22.3 Å². The van der Waals surface area contributed by atoms with E-state index in [4.69, 9.17) is 0 Å². The molecular formula is C24H21N3O2. The predicted molar refractivity (Wildman–Crippen MR) is 113 cm³/mol. The molecule has 0 unspecified atom stereocenters. The van der Waals surface area contributed by atoms with Gasteiger partial charge in [-0.1, -0.05) is 42.5 Å². The average molecular weight is 383 g/mol. The van der Waals surface area contributed by atoms with Crippen LogP contribution in [-0.2, 0) is 16.1 Å². The highest BCUT2D eigenvalue weighted by atomic mass is 16.2. The van der Waals surface area contributed by atoms with Crippen molar-refractivity contribution in [2.45, 2.75) is 20.4 Å². The number of imide groups is 1. The lowest BCUT2D eigenvalue weighted by Crippen LogP contribution is -2.32. The van der Waals surface area contributed by atoms with Crippen molar-refractivity contribution in [1.29, 1.82) is 0 Å². The number of hydrogen-bond donors (Lipinski definition) is 1. The standard InChI is InChI=1S/C24H21N3O2/c1-16-10-11-19(13-17(16)2)21-22(26-20-8-4-3-5-9-20)24(29)27(23(21)28)15-18-7-6-12-25-14-18/h3-14,26H,15H2,1-2H3. The van der Waals surface area contributed by atoms with Crippen molar-refractivity contribution >= 4 is 23.1 Å². The summed E-state index contributed by atoms with van der Waals surface area (Å²) in [5, 5.41) is 3.17. The third-order valence-corrected chi connectivity index (χ3v) is 5.07. The smallest absolute Gasteiger partial charge is 0.278 e. The fourth-order valence-electron chi connectivity index (χ4n) is 3.34. The molecule has 5 nitrogen and oxygen atoms in total. The van der Waals surface area contributed by atoms with Crippen LogP contribution >= 0.6 is 0 Å². The summed E-state index contributed by atoms with van der Waals surface area (Å²) < 4.78 is 0. The first-order chi connectivity index (χ1) is 14.0. The molecular weight excluding hydrogens is 362 g/mol. The minimum Gasteiger partial charge on any atom is -0.350 e. The molecule has 1 aliphatic rings. The Morgan fingerprint density at radius 1 is 0.897 bits per heavy atom. The van der Waals surface area contributed by atoms with Gasteiger partial charge >= 0.3 is 0 Å². The summed E-state index contributed by atoms with van der Waals surface area (Å²) in [5.41, 5.74) is 5.19. The Morgan fingerprint density at radius 2 is 1.69 bits per heavy atom. The number of para-hydroxylation sites is 1. The number of carbonyl (C=O) groups excluding carboxylic acids is 2. The quantitative estimate of drug-likeness (QED) is 0.674. The van der Waals surface area contributed by atoms with E-state index >= 15 is 0 Å². The lowest BCUT2D eigenvalue weighted by Gasteiger charge is -2.15. The largest absolute Gasteiger partial charge is 0.350 e. The molecule has 0 spiro atoms. The maximum atomic E-state index is 13.3. The van der Waals surface area contributed by atoms with Crippen LogP contribution in [0, 0.1) is 13.8 Å². The van der Waals surface area contributed by atoms with Gasteiger partial charge in [-0.25, -0.2) is 0 Å². The fraction of sp³-hybridized carbons (Fsp3) is 0.125. The van der Waals surface area contributed by atoms with Gasteiger partial charge in [0.1, 0.15) is 5.70 Å². The van der Waals surface area contributed by atoms with Gasteiger partial charge in [0.25, 0.3) is 11.8 Å². The molecule has 0 bridgehead atoms. The van der Waals surface area contributed by atoms with Crippen LogP contribution in [0.15, 0.2) is 78.8 Å². The van der Waals surface area contributed by atoms with Crippen LogP contribution in [0.3, 0.4) is 0 Å². The molecule has 2 aromatic carbocycles. The van der Waals surface area contributed by atoms with Gasteiger partial charge in [-0.05, 0) is 54.3 Å². The van der Waals surface area contributed by atoms with Gasteiger partial charge in [0.05, 0.1) is 12.1 Å². The molecule has 4 rings (SSSR count). The first kappa shape index (κ1) is 18.6. The highest BCUT2D eigenvalue weighted by molar-refractivity contribution is 6.36. The zero-order chi connectivity index (χ0) is 20.4. The molecule has 2 amide bonds. The number of carbonyl (C=O) groups is 2. The molecule has 0 radical (unpaired) electrons. The topological polar surface area (TPSA) is 62.3 Å². The van der Waals surface area contributed by atoms with E-state index in [0.717, 1.165) is 27.9 Å². The molecule has 1 aliphatic heterocycles. The third-order valence-electron chi connectivity index (χ3n) is 5.07. The molecule has 29 heavy (non-hydrogen) atoms. The molecule has 0 aliphatic carbocycles. The van der Waals surface area contributed by atoms with Gasteiger partial charge in [0.15, 0.2) is 0 Å². The van der Waals surface area contributed by atoms with Gasteiger partial charge in [0.2, 0.25) is 0 Å². The van der Waals surface area contributed by atoms with Crippen molar-refractivity contribution in [2.75, 3.05) is 5.32 Å². The minimum absolute atomic E-state index is 0.180. The predicted octanol–water partition coefficient (Wildman–Crippen LogP) is 4.09. The number of nitrogens with one attached hydrogen (secondary N) is 1. The molecule has 2 heterocycles. The number of pyridine rings is 1. The molecule has 5 heteroatoms. The maximum absolute atomic E-state index is 13.3. The Labute approximate surface area is 169 Å². The van der Waals surface area contributed by atoms with E-state index in [1.807, 2.05) is 68.4 Å². The second kappa shape index (κ2) is 7.72. The Kier molecular flexibility index (Phi) is 4.96. The number of aryl methyl sites for hydroxylation is 2. The zero-order valence-corrected chi connectivity index (χ0v) is 16.3. The van der Waals surface area contributed by atoms with Crippen molar-refractivity contribution < 1.29 is 9.59 Å². The Bertz CT molecular complexity index is 1110. The van der Waals surface area contributed by atoms with Gasteiger partial charge in [-0.3, -0.25) is 19.5 Å². The summed E-state index contributed by atoms with van der Waals surface area (Å²) in [6.07, 6.45) is 3.33. The number of aromatic nitrogens is 1. The highest BCUT2D eigenvalue weighted by Crippen LogP contribution is 2.32. The van der Waals surface area contributed by atoms with Crippen molar-refractivity contribution in [1.82, 2.24) is 9.88 Å². The summed E-state index contributed by atoms with van der Waals surface area (Å²) in [7, 11) is 0. The van der Waals surface area contributed by atoms with E-state index in [2.05, 4.69) is 10.3 Å². The molecule has 3 aromatic rings. The van der Waals surface area contributed by atoms with Crippen LogP contribution in [0.4, 0.5) is 5.69 Å². The molecule has 0 saturated heterocycles. The summed E-state index contributed by atoms with van der Waals surface area (Å²) in [6.45, 7) is 4.20. The van der Waals surface area contributed by atoms with E-state index in [9.17, 15) is 9.59 Å². The molecule has 0 saturated carbocycles. The Hall–Kier alpha value is -3.73. The first-order valence-electron chi connectivity index (χ1n) is 9.43. The second-order valence-corrected chi connectivity index (χ2v) is 7.10. The van der Waals surface area contributed by atoms with Gasteiger partial charge in [0, 0.05) is 18.1 Å². The van der Waals surface area contributed by atoms with Gasteiger partial charge in [-0.15, -0.1) is 0 Å². The van der Waals surface area contributed by atoms with Crippen LogP contribution < -0.4 is 5.32 Å². The van der Waals surface area contributed by atoms with Crippen LogP contribution in [-0.4, -0.2) is 21.7 Å². The summed E-state index contributed by atoms with van der Waals surface area (Å²) in [4.78, 5) is 31.9. The summed E-state index contributed by atoms with van der Waals surface area (Å²) >= 11 is 0. The van der Waals surface area contributed by atoms with Crippen molar-refractivity contribution in [3.63, 3.8) is 0 Å². The zero-order valence-electron chi connectivity index (χ0n) is 16.3. The maximum Gasteiger partial charge on any atom is 0.278 e. The van der Waals surface area contributed by atoms with Crippen molar-refractivity contribution in [3.8, 4) is 0 Å². The SMILES string of the molecule is Cc1ccc(C2=C(Nc3ccccc3)C(=O)N(Cc3cccnc3)C2=O)cc1C. The van der Waals surface area contributed by atoms with Crippen LogP contribution in [0.25, 0.3) is 5.57 Å². The number of nitrogens with zero attached hydrogens (tertiary/aromatic N) is 2. The Balaban J connectivity index is 1.77. The minimum atomic E-state index is -0.337. The summed E-state index contributed by atoms with van der Waals surface area (Å²) in [6, 6.07) is 18.9. The first-order valence-corrected chi connectivity index (χ1v) is 9.43. The second-order valence-electron chi connectivity index (χ2n) is 7.10. The van der Waals surface area contributed by atoms with E-state index in [0.29, 0.717) is 11.3 Å². The van der Waals surface area contributed by atoms with Crippen molar-refractivity contribution in [3.05, 3.63) is 101 Å². The Morgan fingerprint density at radius 3 is 2.38 bits per heavy atom. The molecule has 0 fully saturated rings. The normalized spacial score (nSPS) is 13.9. The van der Waals surface area contributed by atoms with Crippen LogP contribution in [0.2, 0.25) is 0 Å². The monoisotopic (exact) mass is 383 g/mol. The number of benzene rings is 2. The van der Waals surface area contributed by atoms with Gasteiger partial charge < -0.3 is 5.32 Å². The number of hydrogen-bond acceptors (Lipinski definition) is 4. The molecule has 144 valence electrons. The molecule has 1 aromatic heterocycles. The number of amides is 2. The van der Waals surface area contributed by atoms with E-state index in [1.165, 1.54) is 4.90 Å². The van der Waals surface area contributed by atoms with Crippen molar-refractivity contribution in [2.24, 2.45) is 0 Å². The lowest BCUT2D eigenvalue weighted by molar-refractivity contribution is -0.137. The number of rotatable bonds is 5. The summed E-state index contributed by atoms with van der Waals surface area (Å²) in [5.74, 6) is -0.642. The lowest BCUT2D eigenvalue weighted by atomic mass is 9.99. The molecule has 0 atom stereocenters. The van der Waals surface area contributed by atoms with Gasteiger partial charge in [-0.2, -0.15) is 0 Å². The molecule has 1 N–H and O–H groups in total. The third kappa shape index (κ3) is 3.67. The van der Waals surface area contributed by atoms with E-state index in [1.54, 1.807) is 18.5 Å². The average Bonchev–Trinajstić information content (AvgIpc) is 2.96. The van der Waals surface area contributed by atoms with E-state index in [-0.39, 0.29) is 18.4 Å². The van der Waals surface area contributed by atoms with E-state index < -0.39 is 0 Å². The van der Waals surface area contributed by atoms with Crippen LogP contribution in [0.5, 0.6) is 0 Å².